The summed E-state index contributed by atoms with van der Waals surface area (Å²) >= 11 is 0. The zero-order valence-electron chi connectivity index (χ0n) is 11.4. The van der Waals surface area contributed by atoms with Crippen molar-refractivity contribution in [3.8, 4) is 11.5 Å². The Morgan fingerprint density at radius 3 is 2.85 bits per heavy atom. The zero-order chi connectivity index (χ0) is 14.1. The summed E-state index contributed by atoms with van der Waals surface area (Å²) in [4.78, 5) is 0. The van der Waals surface area contributed by atoms with Crippen molar-refractivity contribution in [1.29, 1.82) is 0 Å². The Labute approximate surface area is 117 Å². The largest absolute Gasteiger partial charge is 0.496 e. The maximum Gasteiger partial charge on any atom is 0.147 e. The highest BCUT2D eigenvalue weighted by Crippen LogP contribution is 2.39. The number of benzene rings is 2. The van der Waals surface area contributed by atoms with Crippen LogP contribution in [0.5, 0.6) is 11.5 Å². The molecule has 20 heavy (non-hydrogen) atoms. The SMILES string of the molecule is COc1cccc(F)c1C1CNc2c(C)cccc2O1. The van der Waals surface area contributed by atoms with Crippen LogP contribution in [0.2, 0.25) is 0 Å². The van der Waals surface area contributed by atoms with Crippen LogP contribution < -0.4 is 14.8 Å². The summed E-state index contributed by atoms with van der Waals surface area (Å²) < 4.78 is 25.3. The van der Waals surface area contributed by atoms with E-state index in [9.17, 15) is 4.39 Å². The molecule has 0 bridgehead atoms. The van der Waals surface area contributed by atoms with E-state index in [4.69, 9.17) is 9.47 Å². The summed E-state index contributed by atoms with van der Waals surface area (Å²) in [5.74, 6) is 0.937. The number of aryl methyl sites for hydroxylation is 1. The number of ether oxygens (including phenoxy) is 2. The number of rotatable bonds is 2. The van der Waals surface area contributed by atoms with E-state index in [2.05, 4.69) is 5.32 Å². The normalized spacial score (nSPS) is 16.9. The lowest BCUT2D eigenvalue weighted by atomic mass is 10.0. The van der Waals surface area contributed by atoms with Crippen molar-refractivity contribution in [2.75, 3.05) is 19.0 Å². The second-order valence-corrected chi connectivity index (χ2v) is 4.79. The van der Waals surface area contributed by atoms with Gasteiger partial charge in [0.1, 0.15) is 23.4 Å². The van der Waals surface area contributed by atoms with Crippen LogP contribution >= 0.6 is 0 Å². The molecule has 1 aliphatic rings. The van der Waals surface area contributed by atoms with Gasteiger partial charge < -0.3 is 14.8 Å². The predicted molar refractivity (Wildman–Crippen MR) is 76.0 cm³/mol. The molecule has 104 valence electrons. The summed E-state index contributed by atoms with van der Waals surface area (Å²) in [5, 5.41) is 3.31. The maximum absolute atomic E-state index is 14.1. The molecule has 1 heterocycles. The summed E-state index contributed by atoms with van der Waals surface area (Å²) in [7, 11) is 1.53. The Hall–Kier alpha value is -2.23. The van der Waals surface area contributed by atoms with Crippen LogP contribution in [0.25, 0.3) is 0 Å². The van der Waals surface area contributed by atoms with Gasteiger partial charge in [-0.05, 0) is 30.7 Å². The average molecular weight is 273 g/mol. The molecular weight excluding hydrogens is 257 g/mol. The fourth-order valence-electron chi connectivity index (χ4n) is 2.52. The topological polar surface area (TPSA) is 30.5 Å². The quantitative estimate of drug-likeness (QED) is 0.905. The number of methoxy groups -OCH3 is 1. The van der Waals surface area contributed by atoms with E-state index in [0.717, 1.165) is 17.0 Å². The number of hydrogen-bond acceptors (Lipinski definition) is 3. The van der Waals surface area contributed by atoms with Gasteiger partial charge in [0.15, 0.2) is 0 Å². The molecule has 0 saturated carbocycles. The van der Waals surface area contributed by atoms with Crippen molar-refractivity contribution >= 4 is 5.69 Å². The highest BCUT2D eigenvalue weighted by Gasteiger charge is 2.27. The molecule has 0 saturated heterocycles. The van der Waals surface area contributed by atoms with Gasteiger partial charge in [-0.1, -0.05) is 18.2 Å². The Kier molecular flexibility index (Phi) is 3.22. The Morgan fingerprint density at radius 1 is 1.25 bits per heavy atom. The van der Waals surface area contributed by atoms with E-state index in [1.165, 1.54) is 13.2 Å². The van der Waals surface area contributed by atoms with Gasteiger partial charge in [-0.3, -0.25) is 0 Å². The summed E-state index contributed by atoms with van der Waals surface area (Å²) in [6.07, 6.45) is -0.402. The third-order valence-electron chi connectivity index (χ3n) is 3.52. The molecule has 0 spiro atoms. The monoisotopic (exact) mass is 273 g/mol. The molecule has 3 rings (SSSR count). The second-order valence-electron chi connectivity index (χ2n) is 4.79. The maximum atomic E-state index is 14.1. The molecule has 1 N–H and O–H groups in total. The van der Waals surface area contributed by atoms with Crippen molar-refractivity contribution in [2.45, 2.75) is 13.0 Å². The molecule has 3 nitrogen and oxygen atoms in total. The lowest BCUT2D eigenvalue weighted by Gasteiger charge is -2.29. The molecule has 0 radical (unpaired) electrons. The van der Waals surface area contributed by atoms with Crippen LogP contribution in [-0.2, 0) is 0 Å². The van der Waals surface area contributed by atoms with Gasteiger partial charge in [0.05, 0.1) is 24.9 Å². The predicted octanol–water partition coefficient (Wildman–Crippen LogP) is 3.69. The molecule has 0 amide bonds. The fraction of sp³-hybridized carbons (Fsp3) is 0.250. The average Bonchev–Trinajstić information content (AvgIpc) is 2.47. The zero-order valence-corrected chi connectivity index (χ0v) is 11.4. The van der Waals surface area contributed by atoms with Crippen LogP contribution in [0.3, 0.4) is 0 Å². The fourth-order valence-corrected chi connectivity index (χ4v) is 2.52. The molecule has 0 fully saturated rings. The van der Waals surface area contributed by atoms with Gasteiger partial charge in [0, 0.05) is 0 Å². The van der Waals surface area contributed by atoms with Gasteiger partial charge in [-0.2, -0.15) is 0 Å². The molecule has 2 aromatic carbocycles. The molecule has 1 atom stereocenters. The van der Waals surface area contributed by atoms with Gasteiger partial charge in [0.25, 0.3) is 0 Å². The Balaban J connectivity index is 1.99. The first kappa shape index (κ1) is 12.8. The summed E-state index contributed by atoms with van der Waals surface area (Å²) in [6, 6.07) is 10.6. The van der Waals surface area contributed by atoms with Gasteiger partial charge in [0.2, 0.25) is 0 Å². The van der Waals surface area contributed by atoms with Crippen molar-refractivity contribution < 1.29 is 13.9 Å². The van der Waals surface area contributed by atoms with Gasteiger partial charge in [-0.25, -0.2) is 4.39 Å². The first-order valence-electron chi connectivity index (χ1n) is 6.53. The van der Waals surface area contributed by atoms with Crippen molar-refractivity contribution in [2.24, 2.45) is 0 Å². The number of hydrogen-bond donors (Lipinski definition) is 1. The van der Waals surface area contributed by atoms with E-state index < -0.39 is 6.10 Å². The van der Waals surface area contributed by atoms with Crippen LogP contribution in [-0.4, -0.2) is 13.7 Å². The molecule has 0 aromatic heterocycles. The standard InChI is InChI=1S/C16H16FNO2/c1-10-5-3-8-13-16(10)18-9-14(20-13)15-11(17)6-4-7-12(15)19-2/h3-8,14,18H,9H2,1-2H3. The first-order valence-corrected chi connectivity index (χ1v) is 6.53. The molecule has 0 aliphatic carbocycles. The third-order valence-corrected chi connectivity index (χ3v) is 3.52. The number of halogens is 1. The van der Waals surface area contributed by atoms with E-state index in [1.807, 2.05) is 25.1 Å². The first-order chi connectivity index (χ1) is 9.70. The smallest absolute Gasteiger partial charge is 0.147 e. The van der Waals surface area contributed by atoms with Crippen LogP contribution in [0, 0.1) is 12.7 Å². The Morgan fingerprint density at radius 2 is 2.05 bits per heavy atom. The molecule has 4 heteroatoms. The van der Waals surface area contributed by atoms with Crippen molar-refractivity contribution in [3.63, 3.8) is 0 Å². The highest BCUT2D eigenvalue weighted by atomic mass is 19.1. The molecule has 2 aromatic rings. The summed E-state index contributed by atoms with van der Waals surface area (Å²) in [6.45, 7) is 2.52. The van der Waals surface area contributed by atoms with E-state index in [1.54, 1.807) is 12.1 Å². The second kappa shape index (κ2) is 5.04. The lowest BCUT2D eigenvalue weighted by Crippen LogP contribution is -2.25. The molecule has 1 unspecified atom stereocenters. The minimum Gasteiger partial charge on any atom is -0.496 e. The number of nitrogens with one attached hydrogen (secondary N) is 1. The van der Waals surface area contributed by atoms with Crippen LogP contribution in [0.15, 0.2) is 36.4 Å². The lowest BCUT2D eigenvalue weighted by molar-refractivity contribution is 0.199. The third kappa shape index (κ3) is 2.07. The van der Waals surface area contributed by atoms with E-state index >= 15 is 0 Å². The molecular formula is C16H16FNO2. The van der Waals surface area contributed by atoms with Crippen LogP contribution in [0.1, 0.15) is 17.2 Å². The molecule has 1 aliphatic heterocycles. The number of anilines is 1. The van der Waals surface area contributed by atoms with E-state index in [0.29, 0.717) is 17.9 Å². The van der Waals surface area contributed by atoms with Crippen LogP contribution in [0.4, 0.5) is 10.1 Å². The van der Waals surface area contributed by atoms with Gasteiger partial charge in [-0.15, -0.1) is 0 Å². The number of fused-ring (bicyclic) bond motifs is 1. The minimum atomic E-state index is -0.402. The highest BCUT2D eigenvalue weighted by molar-refractivity contribution is 5.63. The summed E-state index contributed by atoms with van der Waals surface area (Å²) in [5.41, 5.74) is 2.54. The van der Waals surface area contributed by atoms with Gasteiger partial charge >= 0.3 is 0 Å². The number of para-hydroxylation sites is 1. The van der Waals surface area contributed by atoms with Crippen molar-refractivity contribution in [1.82, 2.24) is 0 Å². The van der Waals surface area contributed by atoms with Crippen molar-refractivity contribution in [3.05, 3.63) is 53.3 Å². The Bertz CT molecular complexity index is 642. The minimum absolute atomic E-state index is 0.313. The van der Waals surface area contributed by atoms with E-state index in [-0.39, 0.29) is 5.82 Å².